The Kier molecular flexibility index (Phi) is 7.99. The third-order valence-corrected chi connectivity index (χ3v) is 3.12. The van der Waals surface area contributed by atoms with Gasteiger partial charge in [0.25, 0.3) is 0 Å². The minimum Gasteiger partial charge on any atom is -0.367 e. The Hall–Kier alpha value is -1.28. The van der Waals surface area contributed by atoms with Gasteiger partial charge in [-0.1, -0.05) is 45.0 Å². The lowest BCUT2D eigenvalue weighted by molar-refractivity contribution is 0.687. The second kappa shape index (κ2) is 9.62. The van der Waals surface area contributed by atoms with E-state index in [1.165, 1.54) is 30.5 Å². The van der Waals surface area contributed by atoms with Gasteiger partial charge in [-0.15, -0.1) is 0 Å². The molecule has 0 aliphatic carbocycles. The fourth-order valence-corrected chi connectivity index (χ4v) is 2.05. The molecule has 0 atom stereocenters. The van der Waals surface area contributed by atoms with Crippen LogP contribution in [-0.2, 0) is 0 Å². The zero-order chi connectivity index (χ0) is 13.9. The Bertz CT molecular complexity index is 346. The summed E-state index contributed by atoms with van der Waals surface area (Å²) in [5.74, 6) is 0. The summed E-state index contributed by atoms with van der Waals surface area (Å²) in [6.45, 7) is 12.7. The number of hydrogen-bond donors (Lipinski definition) is 1. The average molecular weight is 260 g/mol. The lowest BCUT2D eigenvalue weighted by Crippen LogP contribution is -2.30. The average Bonchev–Trinajstić information content (AvgIpc) is 2.44. The van der Waals surface area contributed by atoms with Crippen molar-refractivity contribution in [2.24, 2.45) is 0 Å². The molecular formula is C17H28N2. The highest BCUT2D eigenvalue weighted by atomic mass is 15.1. The molecule has 0 saturated carbocycles. The van der Waals surface area contributed by atoms with Crippen LogP contribution in [0, 0.1) is 0 Å². The predicted molar refractivity (Wildman–Crippen MR) is 85.9 cm³/mol. The van der Waals surface area contributed by atoms with Gasteiger partial charge in [0.15, 0.2) is 0 Å². The van der Waals surface area contributed by atoms with E-state index in [4.69, 9.17) is 0 Å². The van der Waals surface area contributed by atoms with Crippen molar-refractivity contribution >= 4 is 5.69 Å². The molecular weight excluding hydrogens is 232 g/mol. The first kappa shape index (κ1) is 15.8. The molecule has 2 heteroatoms. The van der Waals surface area contributed by atoms with Gasteiger partial charge in [-0.25, -0.2) is 0 Å². The number of nitrogens with one attached hydrogen (secondary N) is 1. The van der Waals surface area contributed by atoms with Gasteiger partial charge < -0.3 is 10.2 Å². The number of rotatable bonds is 10. The van der Waals surface area contributed by atoms with Crippen molar-refractivity contribution in [1.82, 2.24) is 5.32 Å². The molecule has 0 aliphatic heterocycles. The molecule has 106 valence electrons. The first-order chi connectivity index (χ1) is 9.27. The Morgan fingerprint density at radius 1 is 1.16 bits per heavy atom. The van der Waals surface area contributed by atoms with Crippen LogP contribution >= 0.6 is 0 Å². The van der Waals surface area contributed by atoms with E-state index in [2.05, 4.69) is 61.0 Å². The zero-order valence-electron chi connectivity index (χ0n) is 12.5. The van der Waals surface area contributed by atoms with Crippen LogP contribution in [0.25, 0.3) is 0 Å². The van der Waals surface area contributed by atoms with Crippen LogP contribution in [0.2, 0.25) is 0 Å². The van der Waals surface area contributed by atoms with Crippen LogP contribution in [0.3, 0.4) is 0 Å². The molecule has 19 heavy (non-hydrogen) atoms. The second-order valence-electron chi connectivity index (χ2n) is 5.04. The van der Waals surface area contributed by atoms with Crippen molar-refractivity contribution in [2.75, 3.05) is 31.1 Å². The Morgan fingerprint density at radius 2 is 1.89 bits per heavy atom. The van der Waals surface area contributed by atoms with Crippen molar-refractivity contribution in [2.45, 2.75) is 33.1 Å². The first-order valence-corrected chi connectivity index (χ1v) is 7.45. The highest BCUT2D eigenvalue weighted by Gasteiger charge is 2.07. The van der Waals surface area contributed by atoms with Gasteiger partial charge in [-0.05, 0) is 37.1 Å². The fraction of sp³-hybridized carbons (Fsp3) is 0.529. The molecule has 1 rings (SSSR count). The summed E-state index contributed by atoms with van der Waals surface area (Å²) in [6, 6.07) is 10.6. The first-order valence-electron chi connectivity index (χ1n) is 7.45. The molecule has 0 amide bonds. The number of anilines is 1. The number of nitrogens with zero attached hydrogens (tertiary/aromatic N) is 1. The number of benzene rings is 1. The molecule has 0 aliphatic rings. The monoisotopic (exact) mass is 260 g/mol. The van der Waals surface area contributed by atoms with E-state index in [0.717, 1.165) is 26.2 Å². The highest BCUT2D eigenvalue weighted by molar-refractivity contribution is 5.47. The van der Waals surface area contributed by atoms with Crippen molar-refractivity contribution in [3.63, 3.8) is 0 Å². The number of hydrogen-bond acceptors (Lipinski definition) is 2. The molecule has 1 aromatic carbocycles. The standard InChI is InChI=1S/C17H28N2/c1-4-6-13-19(17-10-8-7-9-11-17)15-16(3)14-18-12-5-2/h7-11,18H,3-6,12-15H2,1-2H3. The molecule has 0 spiro atoms. The number of para-hydroxylation sites is 1. The third-order valence-electron chi connectivity index (χ3n) is 3.12. The van der Waals surface area contributed by atoms with Crippen molar-refractivity contribution in [1.29, 1.82) is 0 Å². The molecule has 0 radical (unpaired) electrons. The zero-order valence-corrected chi connectivity index (χ0v) is 12.5. The van der Waals surface area contributed by atoms with Crippen LogP contribution in [0.1, 0.15) is 33.1 Å². The summed E-state index contributed by atoms with van der Waals surface area (Å²) >= 11 is 0. The minimum absolute atomic E-state index is 0.920. The maximum atomic E-state index is 4.20. The molecule has 0 unspecified atom stereocenters. The quantitative estimate of drug-likeness (QED) is 0.508. The molecule has 1 N–H and O–H groups in total. The maximum Gasteiger partial charge on any atom is 0.0398 e. The smallest absolute Gasteiger partial charge is 0.0398 e. The van der Waals surface area contributed by atoms with E-state index in [9.17, 15) is 0 Å². The fourth-order valence-electron chi connectivity index (χ4n) is 2.05. The summed E-state index contributed by atoms with van der Waals surface area (Å²) in [5.41, 5.74) is 2.56. The van der Waals surface area contributed by atoms with Gasteiger partial charge in [-0.3, -0.25) is 0 Å². The minimum atomic E-state index is 0.920. The summed E-state index contributed by atoms with van der Waals surface area (Å²) < 4.78 is 0. The predicted octanol–water partition coefficient (Wildman–Crippen LogP) is 3.85. The van der Waals surface area contributed by atoms with Crippen LogP contribution in [0.5, 0.6) is 0 Å². The van der Waals surface area contributed by atoms with Crippen LogP contribution < -0.4 is 10.2 Å². The normalized spacial score (nSPS) is 10.4. The van der Waals surface area contributed by atoms with E-state index in [1.54, 1.807) is 0 Å². The van der Waals surface area contributed by atoms with Gasteiger partial charge in [0, 0.05) is 25.3 Å². The van der Waals surface area contributed by atoms with Gasteiger partial charge in [-0.2, -0.15) is 0 Å². The molecule has 0 heterocycles. The van der Waals surface area contributed by atoms with Crippen LogP contribution in [0.15, 0.2) is 42.5 Å². The largest absolute Gasteiger partial charge is 0.367 e. The van der Waals surface area contributed by atoms with E-state index < -0.39 is 0 Å². The summed E-state index contributed by atoms with van der Waals surface area (Å²) in [4.78, 5) is 2.43. The van der Waals surface area contributed by atoms with Crippen molar-refractivity contribution < 1.29 is 0 Å². The van der Waals surface area contributed by atoms with Crippen LogP contribution in [-0.4, -0.2) is 26.2 Å². The molecule has 0 saturated heterocycles. The van der Waals surface area contributed by atoms with E-state index in [1.807, 2.05) is 0 Å². The highest BCUT2D eigenvalue weighted by Crippen LogP contribution is 2.15. The summed E-state index contributed by atoms with van der Waals surface area (Å²) in [6.07, 6.45) is 3.62. The topological polar surface area (TPSA) is 15.3 Å². The molecule has 0 bridgehead atoms. The molecule has 1 aromatic rings. The Balaban J connectivity index is 2.52. The summed E-state index contributed by atoms with van der Waals surface area (Å²) in [7, 11) is 0. The van der Waals surface area contributed by atoms with Gasteiger partial charge in [0.05, 0.1) is 0 Å². The van der Waals surface area contributed by atoms with Gasteiger partial charge in [0.1, 0.15) is 0 Å². The van der Waals surface area contributed by atoms with Crippen LogP contribution in [0.4, 0.5) is 5.69 Å². The van der Waals surface area contributed by atoms with Crippen molar-refractivity contribution in [3.05, 3.63) is 42.5 Å². The van der Waals surface area contributed by atoms with E-state index in [0.29, 0.717) is 0 Å². The lowest BCUT2D eigenvalue weighted by Gasteiger charge is -2.26. The molecule has 2 nitrogen and oxygen atoms in total. The molecule has 0 aromatic heterocycles. The van der Waals surface area contributed by atoms with Gasteiger partial charge >= 0.3 is 0 Å². The Morgan fingerprint density at radius 3 is 2.53 bits per heavy atom. The number of unbranched alkanes of at least 4 members (excludes halogenated alkanes) is 1. The van der Waals surface area contributed by atoms with E-state index in [-0.39, 0.29) is 0 Å². The van der Waals surface area contributed by atoms with E-state index >= 15 is 0 Å². The second-order valence-corrected chi connectivity index (χ2v) is 5.04. The van der Waals surface area contributed by atoms with Gasteiger partial charge in [0.2, 0.25) is 0 Å². The lowest BCUT2D eigenvalue weighted by atomic mass is 10.2. The Labute approximate surface area is 118 Å². The summed E-state index contributed by atoms with van der Waals surface area (Å²) in [5, 5.41) is 3.42. The third kappa shape index (κ3) is 6.44. The van der Waals surface area contributed by atoms with Crippen molar-refractivity contribution in [3.8, 4) is 0 Å². The molecule has 0 fully saturated rings. The maximum absolute atomic E-state index is 4.20. The SMILES string of the molecule is C=C(CNCCC)CN(CCCC)c1ccccc1.